The van der Waals surface area contributed by atoms with Crippen molar-refractivity contribution in [2.24, 2.45) is 0 Å². The van der Waals surface area contributed by atoms with Gasteiger partial charge in [0, 0.05) is 0 Å². The molecule has 0 fully saturated rings. The SMILES string of the molecule is CCN[C]1C=CC=CO1. The van der Waals surface area contributed by atoms with Crippen molar-refractivity contribution in [1.82, 2.24) is 5.32 Å². The normalized spacial score (nSPS) is 17.9. The first kappa shape index (κ1) is 6.36. The Kier molecular flexibility index (Phi) is 2.33. The van der Waals surface area contributed by atoms with Gasteiger partial charge in [-0.1, -0.05) is 13.0 Å². The zero-order chi connectivity index (χ0) is 6.53. The topological polar surface area (TPSA) is 21.3 Å². The summed E-state index contributed by atoms with van der Waals surface area (Å²) in [5.74, 6) is 0. The monoisotopic (exact) mass is 124 g/mol. The molecule has 0 aromatic carbocycles. The predicted octanol–water partition coefficient (Wildman–Crippen LogP) is 1.19. The van der Waals surface area contributed by atoms with Crippen LogP contribution < -0.4 is 5.32 Å². The molecule has 0 saturated carbocycles. The minimum absolute atomic E-state index is 0.819. The van der Waals surface area contributed by atoms with Gasteiger partial charge in [0.1, 0.15) is 0 Å². The highest BCUT2D eigenvalue weighted by molar-refractivity contribution is 5.14. The van der Waals surface area contributed by atoms with Gasteiger partial charge in [-0.05, 0) is 18.7 Å². The van der Waals surface area contributed by atoms with E-state index in [9.17, 15) is 0 Å². The molecule has 0 bridgehead atoms. The zero-order valence-corrected chi connectivity index (χ0v) is 5.42. The third-order valence-corrected chi connectivity index (χ3v) is 0.983. The van der Waals surface area contributed by atoms with Crippen LogP contribution in [0.15, 0.2) is 24.5 Å². The first-order valence-electron chi connectivity index (χ1n) is 3.04. The molecule has 0 aromatic rings. The van der Waals surface area contributed by atoms with Crippen molar-refractivity contribution in [1.29, 1.82) is 0 Å². The van der Waals surface area contributed by atoms with Gasteiger partial charge in [-0.3, -0.25) is 5.32 Å². The second kappa shape index (κ2) is 3.30. The Bertz CT molecular complexity index is 129. The fourth-order valence-electron chi connectivity index (χ4n) is 0.615. The molecular weight excluding hydrogens is 114 g/mol. The number of rotatable bonds is 2. The van der Waals surface area contributed by atoms with E-state index >= 15 is 0 Å². The summed E-state index contributed by atoms with van der Waals surface area (Å²) in [4.78, 5) is 0. The van der Waals surface area contributed by atoms with Crippen LogP contribution >= 0.6 is 0 Å². The van der Waals surface area contributed by atoms with Gasteiger partial charge < -0.3 is 4.74 Å². The number of hydrogen-bond acceptors (Lipinski definition) is 2. The van der Waals surface area contributed by atoms with Crippen molar-refractivity contribution >= 4 is 0 Å². The molecule has 0 unspecified atom stereocenters. The predicted molar refractivity (Wildman–Crippen MR) is 36.3 cm³/mol. The molecule has 0 aromatic heterocycles. The fourth-order valence-corrected chi connectivity index (χ4v) is 0.615. The summed E-state index contributed by atoms with van der Waals surface area (Å²) in [5.41, 5.74) is 0. The number of hydrogen-bond donors (Lipinski definition) is 1. The lowest BCUT2D eigenvalue weighted by molar-refractivity contribution is 0.251. The van der Waals surface area contributed by atoms with E-state index in [1.54, 1.807) is 6.26 Å². The Morgan fingerprint density at radius 3 is 3.00 bits per heavy atom. The van der Waals surface area contributed by atoms with Crippen molar-refractivity contribution in [2.75, 3.05) is 6.54 Å². The lowest BCUT2D eigenvalue weighted by Crippen LogP contribution is -2.20. The lowest BCUT2D eigenvalue weighted by Gasteiger charge is -2.12. The molecule has 1 radical (unpaired) electrons. The summed E-state index contributed by atoms with van der Waals surface area (Å²) in [5, 5.41) is 3.04. The van der Waals surface area contributed by atoms with Gasteiger partial charge in [0.15, 0.2) is 0 Å². The quantitative estimate of drug-likeness (QED) is 0.597. The minimum atomic E-state index is 0.819. The van der Waals surface area contributed by atoms with Gasteiger partial charge in [-0.2, -0.15) is 0 Å². The first-order chi connectivity index (χ1) is 4.43. The van der Waals surface area contributed by atoms with E-state index in [1.807, 2.05) is 25.2 Å². The fraction of sp³-hybridized carbons (Fsp3) is 0.286. The summed E-state index contributed by atoms with van der Waals surface area (Å²) in [6.07, 6.45) is 8.14. The number of likely N-dealkylation sites (N-methyl/N-ethyl adjacent to an activating group) is 1. The van der Waals surface area contributed by atoms with Gasteiger partial charge in [0.25, 0.3) is 0 Å². The summed E-state index contributed by atoms with van der Waals surface area (Å²) >= 11 is 0. The Morgan fingerprint density at radius 1 is 1.56 bits per heavy atom. The summed E-state index contributed by atoms with van der Waals surface area (Å²) in [6.45, 7) is 2.93. The van der Waals surface area contributed by atoms with Crippen LogP contribution in [0, 0.1) is 6.23 Å². The molecule has 0 amide bonds. The van der Waals surface area contributed by atoms with Crippen LogP contribution in [0.25, 0.3) is 0 Å². The van der Waals surface area contributed by atoms with Crippen LogP contribution in [0.4, 0.5) is 0 Å². The molecule has 2 heteroatoms. The highest BCUT2D eigenvalue weighted by Gasteiger charge is 2.03. The molecular formula is C7H10NO. The average Bonchev–Trinajstić information content (AvgIpc) is 1.91. The Labute approximate surface area is 55.2 Å². The summed E-state index contributed by atoms with van der Waals surface area (Å²) in [6, 6.07) is 0. The first-order valence-corrected chi connectivity index (χ1v) is 3.04. The Balaban J connectivity index is 2.28. The number of allylic oxidation sites excluding steroid dienone is 2. The van der Waals surface area contributed by atoms with E-state index in [2.05, 4.69) is 5.32 Å². The van der Waals surface area contributed by atoms with Crippen molar-refractivity contribution < 1.29 is 4.74 Å². The summed E-state index contributed by atoms with van der Waals surface area (Å²) < 4.78 is 5.06. The van der Waals surface area contributed by atoms with Gasteiger partial charge in [-0.15, -0.1) is 0 Å². The van der Waals surface area contributed by atoms with Gasteiger partial charge in [0.05, 0.1) is 6.26 Å². The molecule has 1 aliphatic heterocycles. The molecule has 1 rings (SSSR count). The van der Waals surface area contributed by atoms with Crippen molar-refractivity contribution in [2.45, 2.75) is 6.92 Å². The Morgan fingerprint density at radius 2 is 2.44 bits per heavy atom. The molecule has 49 valence electrons. The molecule has 0 saturated heterocycles. The Hall–Kier alpha value is -0.760. The van der Waals surface area contributed by atoms with E-state index < -0.39 is 0 Å². The van der Waals surface area contributed by atoms with Crippen LogP contribution in [0.5, 0.6) is 0 Å². The van der Waals surface area contributed by atoms with Gasteiger partial charge in [-0.25, -0.2) is 0 Å². The lowest BCUT2D eigenvalue weighted by atomic mass is 10.4. The van der Waals surface area contributed by atoms with E-state index in [0.29, 0.717) is 0 Å². The molecule has 2 nitrogen and oxygen atoms in total. The molecule has 0 spiro atoms. The van der Waals surface area contributed by atoms with Crippen LogP contribution in [0.2, 0.25) is 0 Å². The van der Waals surface area contributed by atoms with Crippen LogP contribution in [0.1, 0.15) is 6.92 Å². The maximum absolute atomic E-state index is 5.06. The molecule has 1 heterocycles. The van der Waals surface area contributed by atoms with Crippen LogP contribution in [0.3, 0.4) is 0 Å². The van der Waals surface area contributed by atoms with E-state index in [1.165, 1.54) is 0 Å². The molecule has 1 aliphatic rings. The number of ether oxygens (including phenoxy) is 1. The van der Waals surface area contributed by atoms with Crippen LogP contribution in [-0.4, -0.2) is 6.54 Å². The standard InChI is InChI=1S/C7H10NO/c1-2-8-7-5-3-4-6-9-7/h3-6,8H,2H2,1H3. The third kappa shape index (κ3) is 1.90. The largest absolute Gasteiger partial charge is 0.471 e. The van der Waals surface area contributed by atoms with Gasteiger partial charge in [0.2, 0.25) is 6.23 Å². The molecule has 9 heavy (non-hydrogen) atoms. The maximum atomic E-state index is 5.06. The molecule has 0 atom stereocenters. The second-order valence-corrected chi connectivity index (χ2v) is 1.70. The second-order valence-electron chi connectivity index (χ2n) is 1.70. The van der Waals surface area contributed by atoms with Crippen molar-refractivity contribution in [3.63, 3.8) is 0 Å². The maximum Gasteiger partial charge on any atom is 0.237 e. The highest BCUT2D eigenvalue weighted by Crippen LogP contribution is 2.04. The molecule has 0 aliphatic carbocycles. The van der Waals surface area contributed by atoms with Crippen molar-refractivity contribution in [3.05, 3.63) is 30.7 Å². The smallest absolute Gasteiger partial charge is 0.237 e. The minimum Gasteiger partial charge on any atom is -0.471 e. The van der Waals surface area contributed by atoms with Crippen LogP contribution in [-0.2, 0) is 4.74 Å². The third-order valence-electron chi connectivity index (χ3n) is 0.983. The van der Waals surface area contributed by atoms with E-state index in [4.69, 9.17) is 4.74 Å². The summed E-state index contributed by atoms with van der Waals surface area (Å²) in [7, 11) is 0. The molecule has 1 N–H and O–H groups in total. The number of nitrogens with one attached hydrogen (secondary N) is 1. The average molecular weight is 124 g/mol. The van der Waals surface area contributed by atoms with Gasteiger partial charge >= 0.3 is 0 Å². The van der Waals surface area contributed by atoms with E-state index in [-0.39, 0.29) is 0 Å². The van der Waals surface area contributed by atoms with Crippen molar-refractivity contribution in [3.8, 4) is 0 Å². The highest BCUT2D eigenvalue weighted by atomic mass is 16.5. The zero-order valence-electron chi connectivity index (χ0n) is 5.42. The van der Waals surface area contributed by atoms with E-state index in [0.717, 1.165) is 12.8 Å².